The summed E-state index contributed by atoms with van der Waals surface area (Å²) < 4.78 is 3.23. The highest BCUT2D eigenvalue weighted by atomic mass is 127. The van der Waals surface area contributed by atoms with Crippen molar-refractivity contribution in [3.8, 4) is 5.69 Å². The Balaban J connectivity index is 2.37. The molecule has 0 aliphatic rings. The van der Waals surface area contributed by atoms with Crippen molar-refractivity contribution in [3.05, 3.63) is 63.9 Å². The standard InChI is InChI=1S/C15H10INO/c16-13-6-2-4-8-15(13)17-9-11(10-18)12-5-1-3-7-14(12)17/h1-10H. The Bertz CT molecular complexity index is 730. The van der Waals surface area contributed by atoms with Gasteiger partial charge in [-0.15, -0.1) is 0 Å². The molecule has 2 nitrogen and oxygen atoms in total. The third-order valence-electron chi connectivity index (χ3n) is 2.98. The molecule has 2 aromatic carbocycles. The summed E-state index contributed by atoms with van der Waals surface area (Å²) in [5.74, 6) is 0. The first kappa shape index (κ1) is 11.5. The molecular formula is C15H10INO. The van der Waals surface area contributed by atoms with Crippen LogP contribution in [0.4, 0.5) is 0 Å². The number of benzene rings is 2. The molecular weight excluding hydrogens is 337 g/mol. The number of para-hydroxylation sites is 2. The molecule has 0 bridgehead atoms. The molecule has 0 fully saturated rings. The molecule has 0 unspecified atom stereocenters. The molecule has 1 aromatic heterocycles. The second-order valence-corrected chi connectivity index (χ2v) is 5.20. The highest BCUT2D eigenvalue weighted by molar-refractivity contribution is 14.1. The number of rotatable bonds is 2. The van der Waals surface area contributed by atoms with Crippen molar-refractivity contribution in [1.29, 1.82) is 0 Å². The van der Waals surface area contributed by atoms with Crippen molar-refractivity contribution in [2.24, 2.45) is 0 Å². The molecule has 0 aliphatic carbocycles. The Kier molecular flexibility index (Phi) is 2.91. The van der Waals surface area contributed by atoms with Crippen LogP contribution in [0.1, 0.15) is 10.4 Å². The number of hydrogen-bond acceptors (Lipinski definition) is 1. The number of halogens is 1. The molecule has 0 aliphatic heterocycles. The summed E-state index contributed by atoms with van der Waals surface area (Å²) in [6.45, 7) is 0. The van der Waals surface area contributed by atoms with Crippen molar-refractivity contribution in [1.82, 2.24) is 4.57 Å². The lowest BCUT2D eigenvalue weighted by atomic mass is 10.2. The number of fused-ring (bicyclic) bond motifs is 1. The van der Waals surface area contributed by atoms with Gasteiger partial charge in [-0.05, 0) is 40.8 Å². The Hall–Kier alpha value is -1.62. The summed E-state index contributed by atoms with van der Waals surface area (Å²) in [6.07, 6.45) is 2.81. The van der Waals surface area contributed by atoms with Gasteiger partial charge in [0, 0.05) is 20.7 Å². The van der Waals surface area contributed by atoms with E-state index in [1.807, 2.05) is 42.6 Å². The smallest absolute Gasteiger partial charge is 0.152 e. The van der Waals surface area contributed by atoms with E-state index in [4.69, 9.17) is 0 Å². The predicted octanol–water partition coefficient (Wildman–Crippen LogP) is 4.05. The maximum Gasteiger partial charge on any atom is 0.152 e. The van der Waals surface area contributed by atoms with Gasteiger partial charge in [-0.25, -0.2) is 0 Å². The van der Waals surface area contributed by atoms with E-state index in [0.29, 0.717) is 0 Å². The van der Waals surface area contributed by atoms with E-state index in [-0.39, 0.29) is 0 Å². The second kappa shape index (κ2) is 4.57. The van der Waals surface area contributed by atoms with Crippen LogP contribution in [0.25, 0.3) is 16.6 Å². The Morgan fingerprint density at radius 1 is 1.00 bits per heavy atom. The minimum Gasteiger partial charge on any atom is -0.315 e. The molecule has 0 saturated carbocycles. The Morgan fingerprint density at radius 2 is 1.72 bits per heavy atom. The number of carbonyl (C=O) groups is 1. The quantitative estimate of drug-likeness (QED) is 0.506. The molecule has 0 radical (unpaired) electrons. The fraction of sp³-hybridized carbons (Fsp3) is 0. The van der Waals surface area contributed by atoms with Crippen molar-refractivity contribution >= 4 is 39.8 Å². The lowest BCUT2D eigenvalue weighted by Gasteiger charge is -2.07. The number of nitrogens with zero attached hydrogens (tertiary/aromatic N) is 1. The first-order chi connectivity index (χ1) is 8.81. The molecule has 0 amide bonds. The van der Waals surface area contributed by atoms with E-state index in [9.17, 15) is 4.79 Å². The van der Waals surface area contributed by atoms with E-state index < -0.39 is 0 Å². The van der Waals surface area contributed by atoms with Gasteiger partial charge in [0.1, 0.15) is 0 Å². The normalized spacial score (nSPS) is 10.7. The summed E-state index contributed by atoms with van der Waals surface area (Å²) in [6, 6.07) is 16.1. The summed E-state index contributed by atoms with van der Waals surface area (Å²) >= 11 is 2.31. The Morgan fingerprint density at radius 3 is 2.50 bits per heavy atom. The summed E-state index contributed by atoms with van der Waals surface area (Å²) in [5, 5.41) is 0.993. The van der Waals surface area contributed by atoms with Crippen molar-refractivity contribution in [3.63, 3.8) is 0 Å². The van der Waals surface area contributed by atoms with E-state index in [1.165, 1.54) is 0 Å². The van der Waals surface area contributed by atoms with Gasteiger partial charge in [0.05, 0.1) is 11.2 Å². The lowest BCUT2D eigenvalue weighted by molar-refractivity contribution is 0.112. The van der Waals surface area contributed by atoms with Crippen LogP contribution in [-0.4, -0.2) is 10.9 Å². The average Bonchev–Trinajstić information content (AvgIpc) is 2.78. The van der Waals surface area contributed by atoms with Crippen LogP contribution in [-0.2, 0) is 0 Å². The van der Waals surface area contributed by atoms with Gasteiger partial charge in [-0.1, -0.05) is 30.3 Å². The number of carbonyl (C=O) groups excluding carboxylic acids is 1. The maximum absolute atomic E-state index is 11.1. The van der Waals surface area contributed by atoms with Crippen LogP contribution >= 0.6 is 22.6 Å². The first-order valence-electron chi connectivity index (χ1n) is 5.61. The fourth-order valence-electron chi connectivity index (χ4n) is 2.15. The Labute approximate surface area is 118 Å². The van der Waals surface area contributed by atoms with Crippen LogP contribution < -0.4 is 0 Å². The zero-order valence-electron chi connectivity index (χ0n) is 9.51. The number of aldehydes is 1. The third-order valence-corrected chi connectivity index (χ3v) is 3.89. The van der Waals surface area contributed by atoms with Gasteiger partial charge in [0.2, 0.25) is 0 Å². The monoisotopic (exact) mass is 347 g/mol. The van der Waals surface area contributed by atoms with Gasteiger partial charge < -0.3 is 4.57 Å². The zero-order valence-corrected chi connectivity index (χ0v) is 11.7. The summed E-state index contributed by atoms with van der Waals surface area (Å²) in [7, 11) is 0. The molecule has 88 valence electrons. The summed E-state index contributed by atoms with van der Waals surface area (Å²) in [5.41, 5.74) is 2.89. The maximum atomic E-state index is 11.1. The highest BCUT2D eigenvalue weighted by Gasteiger charge is 2.10. The topological polar surface area (TPSA) is 22.0 Å². The van der Waals surface area contributed by atoms with Crippen molar-refractivity contribution < 1.29 is 4.79 Å². The van der Waals surface area contributed by atoms with Crippen LogP contribution in [0.15, 0.2) is 54.7 Å². The SMILES string of the molecule is O=Cc1cn(-c2ccccc2I)c2ccccc12. The van der Waals surface area contributed by atoms with Crippen LogP contribution in [0.5, 0.6) is 0 Å². The van der Waals surface area contributed by atoms with Crippen molar-refractivity contribution in [2.75, 3.05) is 0 Å². The molecule has 18 heavy (non-hydrogen) atoms. The molecule has 1 heterocycles. The van der Waals surface area contributed by atoms with Gasteiger partial charge in [0.25, 0.3) is 0 Å². The molecule has 0 atom stereocenters. The molecule has 0 N–H and O–H groups in total. The van der Waals surface area contributed by atoms with Gasteiger partial charge in [-0.3, -0.25) is 4.79 Å². The highest BCUT2D eigenvalue weighted by Crippen LogP contribution is 2.26. The van der Waals surface area contributed by atoms with Crippen molar-refractivity contribution in [2.45, 2.75) is 0 Å². The summed E-state index contributed by atoms with van der Waals surface area (Å²) in [4.78, 5) is 11.1. The first-order valence-corrected chi connectivity index (χ1v) is 6.69. The van der Waals surface area contributed by atoms with E-state index in [0.717, 1.165) is 32.0 Å². The largest absolute Gasteiger partial charge is 0.315 e. The minimum atomic E-state index is 0.727. The van der Waals surface area contributed by atoms with Gasteiger partial charge >= 0.3 is 0 Å². The fourth-order valence-corrected chi connectivity index (χ4v) is 2.79. The second-order valence-electron chi connectivity index (χ2n) is 4.04. The zero-order chi connectivity index (χ0) is 12.5. The van der Waals surface area contributed by atoms with Gasteiger partial charge in [-0.2, -0.15) is 0 Å². The molecule has 3 heteroatoms. The predicted molar refractivity (Wildman–Crippen MR) is 81.4 cm³/mol. The average molecular weight is 347 g/mol. The van der Waals surface area contributed by atoms with Crippen LogP contribution in [0, 0.1) is 3.57 Å². The molecule has 3 aromatic rings. The van der Waals surface area contributed by atoms with Gasteiger partial charge in [0.15, 0.2) is 6.29 Å². The molecule has 3 rings (SSSR count). The number of aromatic nitrogens is 1. The molecule has 0 saturated heterocycles. The van der Waals surface area contributed by atoms with Crippen LogP contribution in [0.2, 0.25) is 0 Å². The number of hydrogen-bond donors (Lipinski definition) is 0. The van der Waals surface area contributed by atoms with E-state index in [2.05, 4.69) is 39.3 Å². The lowest BCUT2D eigenvalue weighted by Crippen LogP contribution is -1.94. The van der Waals surface area contributed by atoms with E-state index >= 15 is 0 Å². The third kappa shape index (κ3) is 1.75. The van der Waals surface area contributed by atoms with Crippen LogP contribution in [0.3, 0.4) is 0 Å². The minimum absolute atomic E-state index is 0.727. The molecule has 0 spiro atoms. The van der Waals surface area contributed by atoms with E-state index in [1.54, 1.807) is 0 Å².